The monoisotopic (exact) mass is 122 g/mol. The number of hydrogen-bond donors (Lipinski definition) is 1. The average molecular weight is 122 g/mol. The third-order valence-corrected chi connectivity index (χ3v) is 2.04. The Bertz CT molecular complexity index is 206. The van der Waals surface area contributed by atoms with Gasteiger partial charge in [-0.3, -0.25) is 4.79 Å². The van der Waals surface area contributed by atoms with Crippen LogP contribution in [0.15, 0.2) is 0 Å². The van der Waals surface area contributed by atoms with Crippen LogP contribution < -0.4 is 5.32 Å². The molecule has 0 unspecified atom stereocenters. The molecule has 0 radical (unpaired) electrons. The van der Waals surface area contributed by atoms with E-state index in [2.05, 4.69) is 11.4 Å². The zero-order valence-corrected chi connectivity index (χ0v) is 4.79. The average Bonchev–Trinajstić information content (AvgIpc) is 2.56. The van der Waals surface area contributed by atoms with Gasteiger partial charge in [-0.25, -0.2) is 0 Å². The number of rotatable bonds is 0. The maximum absolute atomic E-state index is 10.7. The van der Waals surface area contributed by atoms with Crippen molar-refractivity contribution in [1.29, 1.82) is 5.26 Å². The second-order valence-corrected chi connectivity index (χ2v) is 2.62. The van der Waals surface area contributed by atoms with E-state index >= 15 is 0 Å². The Kier molecular flexibility index (Phi) is 0.677. The van der Waals surface area contributed by atoms with E-state index in [1.807, 2.05) is 0 Å². The largest absolute Gasteiger partial charge is 0.340 e. The molecule has 1 amide bonds. The fraction of sp³-hybridized carbons (Fsp3) is 0.667. The van der Waals surface area contributed by atoms with Crippen LogP contribution in [0.4, 0.5) is 0 Å². The predicted molar refractivity (Wildman–Crippen MR) is 29.1 cm³/mol. The Morgan fingerprint density at radius 1 is 1.78 bits per heavy atom. The Balaban J connectivity index is 2.19. The molecule has 1 saturated carbocycles. The minimum absolute atomic E-state index is 0.0755. The van der Waals surface area contributed by atoms with Gasteiger partial charge in [0.1, 0.15) is 6.04 Å². The quantitative estimate of drug-likeness (QED) is 0.477. The Labute approximate surface area is 52.7 Å². The zero-order chi connectivity index (χ0) is 6.43. The smallest absolute Gasteiger partial charge is 0.224 e. The first-order valence-electron chi connectivity index (χ1n) is 3.03. The lowest BCUT2D eigenvalue weighted by atomic mass is 10.2. The van der Waals surface area contributed by atoms with Crippen molar-refractivity contribution in [2.45, 2.75) is 12.5 Å². The standard InChI is InChI=1S/C6H6N2O/c7-2-5-3-1-4(3)6(9)8-5/h3-5H,1H2,(H,8,9)/t3-,4+,5-/m0/s1. The lowest BCUT2D eigenvalue weighted by Crippen LogP contribution is -2.28. The molecule has 2 fully saturated rings. The van der Waals surface area contributed by atoms with Crippen molar-refractivity contribution < 1.29 is 4.79 Å². The number of amides is 1. The summed E-state index contributed by atoms with van der Waals surface area (Å²) in [6, 6.07) is 1.88. The summed E-state index contributed by atoms with van der Waals surface area (Å²) in [5.41, 5.74) is 0. The van der Waals surface area contributed by atoms with Gasteiger partial charge in [0.15, 0.2) is 0 Å². The van der Waals surface area contributed by atoms with E-state index in [0.717, 1.165) is 6.42 Å². The minimum Gasteiger partial charge on any atom is -0.340 e. The van der Waals surface area contributed by atoms with E-state index in [0.29, 0.717) is 5.92 Å². The van der Waals surface area contributed by atoms with Gasteiger partial charge in [0, 0.05) is 11.8 Å². The normalized spacial score (nSPS) is 45.2. The van der Waals surface area contributed by atoms with Crippen molar-refractivity contribution in [3.63, 3.8) is 0 Å². The maximum Gasteiger partial charge on any atom is 0.224 e. The molecule has 1 saturated heterocycles. The van der Waals surface area contributed by atoms with Crippen LogP contribution in [0, 0.1) is 23.2 Å². The van der Waals surface area contributed by atoms with Crippen LogP contribution in [0.1, 0.15) is 6.42 Å². The van der Waals surface area contributed by atoms with Crippen LogP contribution in [0.25, 0.3) is 0 Å². The third-order valence-electron chi connectivity index (χ3n) is 2.04. The van der Waals surface area contributed by atoms with Crippen LogP contribution >= 0.6 is 0 Å². The molecule has 1 aliphatic carbocycles. The highest BCUT2D eigenvalue weighted by Crippen LogP contribution is 2.45. The highest BCUT2D eigenvalue weighted by atomic mass is 16.2. The number of fused-ring (bicyclic) bond motifs is 1. The van der Waals surface area contributed by atoms with Crippen LogP contribution in [0.2, 0.25) is 0 Å². The zero-order valence-electron chi connectivity index (χ0n) is 4.79. The Morgan fingerprint density at radius 3 is 2.78 bits per heavy atom. The molecule has 3 atom stereocenters. The van der Waals surface area contributed by atoms with Gasteiger partial charge in [0.05, 0.1) is 6.07 Å². The highest BCUT2D eigenvalue weighted by molar-refractivity contribution is 5.85. The van der Waals surface area contributed by atoms with Crippen molar-refractivity contribution in [3.05, 3.63) is 0 Å². The molecule has 0 aromatic rings. The lowest BCUT2D eigenvalue weighted by Gasteiger charge is -1.99. The fourth-order valence-electron chi connectivity index (χ4n) is 1.38. The molecule has 1 N–H and O–H groups in total. The highest BCUT2D eigenvalue weighted by Gasteiger charge is 2.54. The molecule has 46 valence electrons. The van der Waals surface area contributed by atoms with Gasteiger partial charge in [0.25, 0.3) is 0 Å². The first-order chi connectivity index (χ1) is 4.33. The number of hydrogen-bond acceptors (Lipinski definition) is 2. The van der Waals surface area contributed by atoms with E-state index in [9.17, 15) is 4.79 Å². The maximum atomic E-state index is 10.7. The van der Waals surface area contributed by atoms with E-state index in [-0.39, 0.29) is 17.9 Å². The number of nitrogens with one attached hydrogen (secondary N) is 1. The first-order valence-corrected chi connectivity index (χ1v) is 3.03. The van der Waals surface area contributed by atoms with Gasteiger partial charge in [-0.15, -0.1) is 0 Å². The molecule has 2 aliphatic rings. The molecule has 0 bridgehead atoms. The summed E-state index contributed by atoms with van der Waals surface area (Å²) >= 11 is 0. The van der Waals surface area contributed by atoms with Crippen molar-refractivity contribution in [2.75, 3.05) is 0 Å². The van der Waals surface area contributed by atoms with Crippen molar-refractivity contribution in [3.8, 4) is 6.07 Å². The first kappa shape index (κ1) is 4.80. The van der Waals surface area contributed by atoms with Gasteiger partial charge in [-0.05, 0) is 6.42 Å². The molecule has 0 aromatic carbocycles. The molecular weight excluding hydrogens is 116 g/mol. The van der Waals surface area contributed by atoms with E-state index < -0.39 is 0 Å². The van der Waals surface area contributed by atoms with Gasteiger partial charge in [-0.1, -0.05) is 0 Å². The second-order valence-electron chi connectivity index (χ2n) is 2.62. The van der Waals surface area contributed by atoms with Gasteiger partial charge < -0.3 is 5.32 Å². The van der Waals surface area contributed by atoms with Crippen LogP contribution in [-0.2, 0) is 4.79 Å². The molecule has 9 heavy (non-hydrogen) atoms. The molecule has 1 heterocycles. The van der Waals surface area contributed by atoms with Gasteiger partial charge in [-0.2, -0.15) is 5.26 Å². The van der Waals surface area contributed by atoms with Crippen LogP contribution in [0.3, 0.4) is 0 Å². The van der Waals surface area contributed by atoms with Crippen molar-refractivity contribution in [1.82, 2.24) is 5.32 Å². The summed E-state index contributed by atoms with van der Waals surface area (Å²) in [4.78, 5) is 10.7. The summed E-state index contributed by atoms with van der Waals surface area (Å²) < 4.78 is 0. The summed E-state index contributed by atoms with van der Waals surface area (Å²) in [6.45, 7) is 0. The molecule has 1 aliphatic heterocycles. The number of nitrogens with zero attached hydrogens (tertiary/aromatic N) is 1. The predicted octanol–water partition coefficient (Wildman–Crippen LogP) is -0.356. The van der Waals surface area contributed by atoms with E-state index in [4.69, 9.17) is 5.26 Å². The van der Waals surface area contributed by atoms with Crippen molar-refractivity contribution >= 4 is 5.91 Å². The van der Waals surface area contributed by atoms with E-state index in [1.54, 1.807) is 0 Å². The fourth-order valence-corrected chi connectivity index (χ4v) is 1.38. The number of piperidine rings is 1. The molecule has 2 rings (SSSR count). The number of carbonyl (C=O) groups excluding carboxylic acids is 1. The molecular formula is C6H6N2O. The molecule has 3 heteroatoms. The SMILES string of the molecule is N#C[C@@H]1NC(=O)[C@@H]2C[C@H]12. The number of carbonyl (C=O) groups is 1. The topological polar surface area (TPSA) is 52.9 Å². The van der Waals surface area contributed by atoms with Gasteiger partial charge >= 0.3 is 0 Å². The third kappa shape index (κ3) is 0.476. The Hall–Kier alpha value is -1.04. The molecule has 3 nitrogen and oxygen atoms in total. The molecule has 0 spiro atoms. The van der Waals surface area contributed by atoms with Crippen molar-refractivity contribution in [2.24, 2.45) is 11.8 Å². The summed E-state index contributed by atoms with van der Waals surface area (Å²) in [5, 5.41) is 11.0. The second kappa shape index (κ2) is 1.27. The van der Waals surface area contributed by atoms with Crippen LogP contribution in [-0.4, -0.2) is 11.9 Å². The molecule has 0 aromatic heterocycles. The Morgan fingerprint density at radius 2 is 2.56 bits per heavy atom. The summed E-state index contributed by atoms with van der Waals surface area (Å²) in [6.07, 6.45) is 0.935. The van der Waals surface area contributed by atoms with Crippen LogP contribution in [0.5, 0.6) is 0 Å². The summed E-state index contributed by atoms with van der Waals surface area (Å²) in [7, 11) is 0. The number of nitriles is 1. The minimum atomic E-state index is -0.178. The summed E-state index contributed by atoms with van der Waals surface area (Å²) in [5.74, 6) is 0.615. The van der Waals surface area contributed by atoms with E-state index in [1.165, 1.54) is 0 Å². The van der Waals surface area contributed by atoms with Gasteiger partial charge in [0.2, 0.25) is 5.91 Å². The lowest BCUT2D eigenvalue weighted by molar-refractivity contribution is -0.121.